The third kappa shape index (κ3) is 2.81. The molecule has 0 fully saturated rings. The average molecular weight is 313 g/mol. The Morgan fingerprint density at radius 2 is 1.95 bits per heavy atom. The normalized spacial score (nSPS) is 13.5. The predicted molar refractivity (Wildman–Crippen MR) is 83.0 cm³/mol. The maximum absolute atomic E-state index is 12.5. The number of sulfonamides is 1. The lowest BCUT2D eigenvalue weighted by molar-refractivity contribution is 0.601. The molecule has 0 aliphatic heterocycles. The Morgan fingerprint density at radius 3 is 2.73 bits per heavy atom. The number of anilines is 1. The van der Waals surface area contributed by atoms with Crippen molar-refractivity contribution in [2.75, 3.05) is 4.72 Å². The monoisotopic (exact) mass is 313 g/mol. The molecule has 0 spiro atoms. The van der Waals surface area contributed by atoms with Gasteiger partial charge in [-0.1, -0.05) is 6.07 Å². The number of nitrogens with zero attached hydrogens (tertiary/aromatic N) is 2. The standard InChI is InChI=1S/C16H15N3O2S/c1-11-7-12(10-17)8-16(18-11)19-22(20,21)15-6-5-13-3-2-4-14(13)9-15/h5-9H,2-4H2,1H3,(H,18,19). The minimum Gasteiger partial charge on any atom is -0.263 e. The molecule has 1 heterocycles. The van der Waals surface area contributed by atoms with Crippen LogP contribution in [0.25, 0.3) is 0 Å². The van der Waals surface area contributed by atoms with Crippen molar-refractivity contribution in [1.82, 2.24) is 4.98 Å². The number of hydrogen-bond acceptors (Lipinski definition) is 4. The number of benzene rings is 1. The average Bonchev–Trinajstić information content (AvgIpc) is 2.93. The van der Waals surface area contributed by atoms with Gasteiger partial charge >= 0.3 is 0 Å². The van der Waals surface area contributed by atoms with E-state index in [2.05, 4.69) is 9.71 Å². The van der Waals surface area contributed by atoms with Crippen molar-refractivity contribution < 1.29 is 8.42 Å². The number of pyridine rings is 1. The highest BCUT2D eigenvalue weighted by atomic mass is 32.2. The summed E-state index contributed by atoms with van der Waals surface area (Å²) < 4.78 is 27.4. The van der Waals surface area contributed by atoms with Crippen LogP contribution in [-0.2, 0) is 22.9 Å². The molecule has 2 aromatic rings. The summed E-state index contributed by atoms with van der Waals surface area (Å²) in [6, 6.07) is 10.2. The number of nitriles is 1. The molecule has 5 nitrogen and oxygen atoms in total. The molecular formula is C16H15N3O2S. The fourth-order valence-electron chi connectivity index (χ4n) is 2.70. The summed E-state index contributed by atoms with van der Waals surface area (Å²) in [5, 5.41) is 8.95. The van der Waals surface area contributed by atoms with Crippen LogP contribution in [0.2, 0.25) is 0 Å². The van der Waals surface area contributed by atoms with Crippen molar-refractivity contribution in [3.8, 4) is 6.07 Å². The fourth-order valence-corrected chi connectivity index (χ4v) is 3.74. The summed E-state index contributed by atoms with van der Waals surface area (Å²) >= 11 is 0. The molecule has 0 radical (unpaired) electrons. The summed E-state index contributed by atoms with van der Waals surface area (Å²) in [5.41, 5.74) is 3.28. The molecular weight excluding hydrogens is 298 g/mol. The molecule has 0 bridgehead atoms. The maximum Gasteiger partial charge on any atom is 0.263 e. The first-order valence-corrected chi connectivity index (χ1v) is 8.50. The zero-order valence-corrected chi connectivity index (χ0v) is 12.9. The number of aryl methyl sites for hydroxylation is 3. The molecule has 3 rings (SSSR count). The van der Waals surface area contributed by atoms with E-state index in [-0.39, 0.29) is 10.7 Å². The quantitative estimate of drug-likeness (QED) is 0.944. The second-order valence-corrected chi connectivity index (χ2v) is 7.07. The van der Waals surface area contributed by atoms with Crippen molar-refractivity contribution in [3.63, 3.8) is 0 Å². The lowest BCUT2D eigenvalue weighted by Gasteiger charge is -2.10. The molecule has 0 amide bonds. The molecule has 1 aliphatic carbocycles. The van der Waals surface area contributed by atoms with E-state index in [1.807, 2.05) is 12.1 Å². The van der Waals surface area contributed by atoms with Crippen LogP contribution in [-0.4, -0.2) is 13.4 Å². The van der Waals surface area contributed by atoms with E-state index < -0.39 is 10.0 Å². The van der Waals surface area contributed by atoms with Crippen LogP contribution in [0.1, 0.15) is 28.8 Å². The molecule has 0 atom stereocenters. The number of fused-ring (bicyclic) bond motifs is 1. The predicted octanol–water partition coefficient (Wildman–Crippen LogP) is 2.55. The van der Waals surface area contributed by atoms with Gasteiger partial charge in [-0.05, 0) is 61.6 Å². The van der Waals surface area contributed by atoms with Gasteiger partial charge in [-0.3, -0.25) is 4.72 Å². The molecule has 0 saturated carbocycles. The van der Waals surface area contributed by atoms with Crippen molar-refractivity contribution in [2.24, 2.45) is 0 Å². The highest BCUT2D eigenvalue weighted by Crippen LogP contribution is 2.25. The Bertz CT molecular complexity index is 883. The first-order valence-electron chi connectivity index (χ1n) is 7.01. The molecule has 0 unspecified atom stereocenters. The summed E-state index contributed by atoms with van der Waals surface area (Å²) in [7, 11) is -3.70. The van der Waals surface area contributed by atoms with Crippen LogP contribution >= 0.6 is 0 Å². The van der Waals surface area contributed by atoms with Gasteiger partial charge in [0.1, 0.15) is 5.82 Å². The van der Waals surface area contributed by atoms with Crippen LogP contribution in [0, 0.1) is 18.3 Å². The van der Waals surface area contributed by atoms with E-state index >= 15 is 0 Å². The summed E-state index contributed by atoms with van der Waals surface area (Å²) in [4.78, 5) is 4.36. The fraction of sp³-hybridized carbons (Fsp3) is 0.250. The van der Waals surface area contributed by atoms with Crippen LogP contribution in [0.5, 0.6) is 0 Å². The zero-order valence-electron chi connectivity index (χ0n) is 12.1. The Balaban J connectivity index is 1.94. The van der Waals surface area contributed by atoms with Gasteiger partial charge in [0.25, 0.3) is 10.0 Å². The van der Waals surface area contributed by atoms with Crippen LogP contribution in [0.3, 0.4) is 0 Å². The second-order valence-electron chi connectivity index (χ2n) is 5.38. The lowest BCUT2D eigenvalue weighted by atomic mass is 10.1. The van der Waals surface area contributed by atoms with E-state index in [1.54, 1.807) is 25.1 Å². The van der Waals surface area contributed by atoms with Crippen LogP contribution < -0.4 is 4.72 Å². The van der Waals surface area contributed by atoms with Crippen LogP contribution in [0.4, 0.5) is 5.82 Å². The van der Waals surface area contributed by atoms with Gasteiger partial charge in [0.15, 0.2) is 0 Å². The zero-order chi connectivity index (χ0) is 15.7. The van der Waals surface area contributed by atoms with E-state index in [9.17, 15) is 8.42 Å². The van der Waals surface area contributed by atoms with Gasteiger partial charge in [-0.2, -0.15) is 5.26 Å². The first-order chi connectivity index (χ1) is 10.5. The van der Waals surface area contributed by atoms with E-state index in [4.69, 9.17) is 5.26 Å². The minimum atomic E-state index is -3.70. The third-order valence-corrected chi connectivity index (χ3v) is 5.05. The highest BCUT2D eigenvalue weighted by molar-refractivity contribution is 7.92. The summed E-state index contributed by atoms with van der Waals surface area (Å²) in [6.45, 7) is 1.72. The smallest absolute Gasteiger partial charge is 0.263 e. The van der Waals surface area contributed by atoms with Gasteiger partial charge in [-0.15, -0.1) is 0 Å². The molecule has 1 N–H and O–H groups in total. The molecule has 0 saturated heterocycles. The first kappa shape index (κ1) is 14.5. The van der Waals surface area contributed by atoms with Gasteiger partial charge in [0.2, 0.25) is 0 Å². The second kappa shape index (κ2) is 5.43. The number of nitrogens with one attached hydrogen (secondary N) is 1. The van der Waals surface area contributed by atoms with Crippen molar-refractivity contribution in [2.45, 2.75) is 31.1 Å². The van der Waals surface area contributed by atoms with Gasteiger partial charge < -0.3 is 0 Å². The van der Waals surface area contributed by atoms with Gasteiger partial charge in [0, 0.05) is 5.69 Å². The third-order valence-electron chi connectivity index (χ3n) is 3.70. The molecule has 112 valence electrons. The van der Waals surface area contributed by atoms with Gasteiger partial charge in [0.05, 0.1) is 16.5 Å². The number of aromatic nitrogens is 1. The lowest BCUT2D eigenvalue weighted by Crippen LogP contribution is -2.14. The molecule has 22 heavy (non-hydrogen) atoms. The Kier molecular flexibility index (Phi) is 3.59. The number of hydrogen-bond donors (Lipinski definition) is 1. The van der Waals surface area contributed by atoms with Crippen LogP contribution in [0.15, 0.2) is 35.2 Å². The van der Waals surface area contributed by atoms with E-state index in [0.717, 1.165) is 24.8 Å². The topological polar surface area (TPSA) is 82.9 Å². The number of rotatable bonds is 3. The van der Waals surface area contributed by atoms with E-state index in [1.165, 1.54) is 11.6 Å². The summed E-state index contributed by atoms with van der Waals surface area (Å²) in [5.74, 6) is 0.164. The minimum absolute atomic E-state index is 0.164. The Morgan fingerprint density at radius 1 is 1.18 bits per heavy atom. The van der Waals surface area contributed by atoms with Crippen molar-refractivity contribution in [1.29, 1.82) is 5.26 Å². The Hall–Kier alpha value is -2.39. The van der Waals surface area contributed by atoms with E-state index in [0.29, 0.717) is 11.3 Å². The maximum atomic E-state index is 12.5. The SMILES string of the molecule is Cc1cc(C#N)cc(NS(=O)(=O)c2ccc3c(c2)CCC3)n1. The largest absolute Gasteiger partial charge is 0.263 e. The molecule has 1 aromatic carbocycles. The highest BCUT2D eigenvalue weighted by Gasteiger charge is 2.19. The van der Waals surface area contributed by atoms with Crippen molar-refractivity contribution >= 4 is 15.8 Å². The molecule has 6 heteroatoms. The van der Waals surface area contributed by atoms with Gasteiger partial charge in [-0.25, -0.2) is 13.4 Å². The summed E-state index contributed by atoms with van der Waals surface area (Å²) in [6.07, 6.45) is 2.99. The molecule has 1 aromatic heterocycles. The van der Waals surface area contributed by atoms with Crippen molar-refractivity contribution in [3.05, 3.63) is 52.7 Å². The molecule has 1 aliphatic rings. The Labute approximate surface area is 129 Å².